The van der Waals surface area contributed by atoms with E-state index in [4.69, 9.17) is 0 Å². The van der Waals surface area contributed by atoms with Gasteiger partial charge in [0.25, 0.3) is 0 Å². The molecule has 2 aromatic rings. The molecular weight excluding hydrogens is 375 g/mol. The number of rotatable bonds is 8. The van der Waals surface area contributed by atoms with Crippen LogP contribution in [-0.4, -0.2) is 32.4 Å². The van der Waals surface area contributed by atoms with Crippen molar-refractivity contribution >= 4 is 33.4 Å². The fraction of sp³-hybridized carbons (Fsp3) is 0.278. The number of carbonyl (C=O) groups excluding carboxylic acids is 1. The third kappa shape index (κ3) is 5.82. The Hall–Kier alpha value is -1.90. The van der Waals surface area contributed by atoms with Crippen molar-refractivity contribution in [2.24, 2.45) is 0 Å². The number of benzene rings is 2. The van der Waals surface area contributed by atoms with Crippen LogP contribution in [0.25, 0.3) is 0 Å². The fourth-order valence-corrected chi connectivity index (χ4v) is 3.95. The van der Waals surface area contributed by atoms with Gasteiger partial charge in [-0.1, -0.05) is 23.8 Å². The molecule has 1 atom stereocenters. The predicted octanol–water partition coefficient (Wildman–Crippen LogP) is 3.17. The molecule has 0 saturated carbocycles. The van der Waals surface area contributed by atoms with Crippen LogP contribution in [0.4, 0.5) is 10.1 Å². The van der Waals surface area contributed by atoms with Crippen molar-refractivity contribution in [1.82, 2.24) is 4.72 Å². The highest BCUT2D eigenvalue weighted by atomic mass is 32.2. The zero-order valence-electron chi connectivity index (χ0n) is 14.5. The Balaban J connectivity index is 2.17. The average molecular weight is 397 g/mol. The smallest absolute Gasteiger partial charge is 0.242 e. The highest BCUT2D eigenvalue weighted by Gasteiger charge is 2.25. The molecule has 5 nitrogen and oxygen atoms in total. The topological polar surface area (TPSA) is 75.3 Å². The quantitative estimate of drug-likeness (QED) is 0.719. The molecule has 0 aliphatic carbocycles. The van der Waals surface area contributed by atoms with Crippen LogP contribution in [0, 0.1) is 12.7 Å². The van der Waals surface area contributed by atoms with E-state index >= 15 is 0 Å². The highest BCUT2D eigenvalue weighted by Crippen LogP contribution is 2.14. The summed E-state index contributed by atoms with van der Waals surface area (Å²) in [6, 6.07) is 10.9. The number of aryl methyl sites for hydroxylation is 1. The molecule has 8 heteroatoms. The van der Waals surface area contributed by atoms with Gasteiger partial charge < -0.3 is 5.32 Å². The van der Waals surface area contributed by atoms with E-state index in [1.54, 1.807) is 18.2 Å². The number of thioether (sulfide) groups is 1. The number of nitrogens with one attached hydrogen (secondary N) is 2. The van der Waals surface area contributed by atoms with E-state index in [1.165, 1.54) is 42.1 Å². The van der Waals surface area contributed by atoms with Crippen LogP contribution >= 0.6 is 11.8 Å². The Morgan fingerprint density at radius 1 is 1.19 bits per heavy atom. The minimum atomic E-state index is -3.85. The van der Waals surface area contributed by atoms with Crippen molar-refractivity contribution in [2.45, 2.75) is 24.3 Å². The van der Waals surface area contributed by atoms with Gasteiger partial charge in [-0.2, -0.15) is 16.5 Å². The number of sulfonamides is 1. The van der Waals surface area contributed by atoms with E-state index in [9.17, 15) is 17.6 Å². The molecule has 0 spiro atoms. The van der Waals surface area contributed by atoms with E-state index < -0.39 is 27.8 Å². The number of hydrogen-bond donors (Lipinski definition) is 2. The molecule has 0 aliphatic rings. The van der Waals surface area contributed by atoms with Crippen molar-refractivity contribution in [3.63, 3.8) is 0 Å². The van der Waals surface area contributed by atoms with Crippen LogP contribution in [0.2, 0.25) is 0 Å². The molecule has 0 radical (unpaired) electrons. The first-order valence-corrected chi connectivity index (χ1v) is 10.8. The second kappa shape index (κ2) is 9.16. The molecule has 0 bridgehead atoms. The summed E-state index contributed by atoms with van der Waals surface area (Å²) >= 11 is 1.51. The molecule has 0 saturated heterocycles. The summed E-state index contributed by atoms with van der Waals surface area (Å²) in [5, 5.41) is 2.56. The first-order chi connectivity index (χ1) is 12.3. The lowest BCUT2D eigenvalue weighted by molar-refractivity contribution is -0.117. The number of hydrogen-bond acceptors (Lipinski definition) is 4. The second-order valence-electron chi connectivity index (χ2n) is 5.77. The van der Waals surface area contributed by atoms with Gasteiger partial charge in [-0.3, -0.25) is 4.79 Å². The van der Waals surface area contributed by atoms with E-state index in [-0.39, 0.29) is 10.6 Å². The minimum absolute atomic E-state index is 0.0933. The SMILES string of the molecule is CSCCC(NS(=O)(=O)c1ccc(C)cc1)C(=O)Nc1cccc(F)c1. The van der Waals surface area contributed by atoms with Gasteiger partial charge in [-0.15, -0.1) is 0 Å². The largest absolute Gasteiger partial charge is 0.325 e. The lowest BCUT2D eigenvalue weighted by Crippen LogP contribution is -2.44. The summed E-state index contributed by atoms with van der Waals surface area (Å²) < 4.78 is 40.9. The third-order valence-electron chi connectivity index (χ3n) is 3.65. The maximum atomic E-state index is 13.3. The number of anilines is 1. The van der Waals surface area contributed by atoms with Crippen molar-refractivity contribution in [1.29, 1.82) is 0 Å². The number of carbonyl (C=O) groups is 1. The Kier molecular flexibility index (Phi) is 7.19. The van der Waals surface area contributed by atoms with Gasteiger partial charge in [0.05, 0.1) is 4.90 Å². The molecule has 26 heavy (non-hydrogen) atoms. The molecule has 0 fully saturated rings. The molecule has 2 rings (SSSR count). The summed E-state index contributed by atoms with van der Waals surface area (Å²) in [6.07, 6.45) is 2.18. The third-order valence-corrected chi connectivity index (χ3v) is 5.78. The standard InChI is InChI=1S/C18H21FN2O3S2/c1-13-6-8-16(9-7-13)26(23,24)21-17(10-11-25-2)18(22)20-15-5-3-4-14(19)12-15/h3-9,12,17,21H,10-11H2,1-2H3,(H,20,22). The highest BCUT2D eigenvalue weighted by molar-refractivity contribution is 7.98. The Labute approximate surface area is 157 Å². The van der Waals surface area contributed by atoms with Gasteiger partial charge in [-0.05, 0) is 55.7 Å². The number of amides is 1. The summed E-state index contributed by atoms with van der Waals surface area (Å²) in [5.74, 6) is -0.415. The molecule has 0 aliphatic heterocycles. The number of halogens is 1. The van der Waals surface area contributed by atoms with Crippen LogP contribution in [0.3, 0.4) is 0 Å². The first kappa shape index (κ1) is 20.4. The van der Waals surface area contributed by atoms with Crippen molar-refractivity contribution in [2.75, 3.05) is 17.3 Å². The van der Waals surface area contributed by atoms with Crippen molar-refractivity contribution in [3.8, 4) is 0 Å². The maximum absolute atomic E-state index is 13.3. The molecule has 0 heterocycles. The normalized spacial score (nSPS) is 12.6. The molecule has 2 aromatic carbocycles. The minimum Gasteiger partial charge on any atom is -0.325 e. The van der Waals surface area contributed by atoms with Gasteiger partial charge in [0.2, 0.25) is 15.9 Å². The second-order valence-corrected chi connectivity index (χ2v) is 8.47. The zero-order valence-corrected chi connectivity index (χ0v) is 16.2. The summed E-state index contributed by atoms with van der Waals surface area (Å²) in [6.45, 7) is 1.86. The van der Waals surface area contributed by atoms with Crippen molar-refractivity contribution < 1.29 is 17.6 Å². The van der Waals surface area contributed by atoms with E-state index in [1.807, 2.05) is 13.2 Å². The van der Waals surface area contributed by atoms with E-state index in [2.05, 4.69) is 10.0 Å². The van der Waals surface area contributed by atoms with Crippen LogP contribution in [0.1, 0.15) is 12.0 Å². The van der Waals surface area contributed by atoms with Gasteiger partial charge in [0, 0.05) is 5.69 Å². The van der Waals surface area contributed by atoms with Gasteiger partial charge >= 0.3 is 0 Å². The Bertz CT molecular complexity index is 855. The molecule has 1 amide bonds. The van der Waals surface area contributed by atoms with E-state index in [0.29, 0.717) is 12.2 Å². The van der Waals surface area contributed by atoms with Crippen molar-refractivity contribution in [3.05, 3.63) is 59.9 Å². The predicted molar refractivity (Wildman–Crippen MR) is 103 cm³/mol. The maximum Gasteiger partial charge on any atom is 0.242 e. The van der Waals surface area contributed by atoms with Crippen LogP contribution in [0.5, 0.6) is 0 Å². The van der Waals surface area contributed by atoms with E-state index in [0.717, 1.165) is 5.56 Å². The molecule has 2 N–H and O–H groups in total. The van der Waals surface area contributed by atoms with Crippen LogP contribution < -0.4 is 10.0 Å². The van der Waals surface area contributed by atoms with Gasteiger partial charge in [0.15, 0.2) is 0 Å². The van der Waals surface area contributed by atoms with Gasteiger partial charge in [-0.25, -0.2) is 12.8 Å². The lowest BCUT2D eigenvalue weighted by atomic mass is 10.2. The summed E-state index contributed by atoms with van der Waals surface area (Å²) in [7, 11) is -3.85. The molecular formula is C18H21FN2O3S2. The Morgan fingerprint density at radius 2 is 1.88 bits per heavy atom. The lowest BCUT2D eigenvalue weighted by Gasteiger charge is -2.18. The van der Waals surface area contributed by atoms with Crippen LogP contribution in [0.15, 0.2) is 53.4 Å². The Morgan fingerprint density at radius 3 is 2.50 bits per heavy atom. The van der Waals surface area contributed by atoms with Gasteiger partial charge in [0.1, 0.15) is 11.9 Å². The first-order valence-electron chi connectivity index (χ1n) is 7.96. The summed E-state index contributed by atoms with van der Waals surface area (Å²) in [5.41, 5.74) is 1.21. The molecule has 1 unspecified atom stereocenters. The molecule has 140 valence electrons. The summed E-state index contributed by atoms with van der Waals surface area (Å²) in [4.78, 5) is 12.6. The monoisotopic (exact) mass is 396 g/mol. The molecule has 0 aromatic heterocycles. The fourth-order valence-electron chi connectivity index (χ4n) is 2.25. The van der Waals surface area contributed by atoms with Crippen LogP contribution in [-0.2, 0) is 14.8 Å². The zero-order chi connectivity index (χ0) is 19.2. The average Bonchev–Trinajstić information content (AvgIpc) is 2.59.